The van der Waals surface area contributed by atoms with Crippen LogP contribution in [-0.2, 0) is 14.3 Å². The van der Waals surface area contributed by atoms with E-state index in [4.69, 9.17) is 33.4 Å². The van der Waals surface area contributed by atoms with Gasteiger partial charge in [0.1, 0.15) is 31.9 Å². The standard InChI is InChI=1S/C13H26N10O8/c14-8(1-6(22(27)28)3-19-12(15)16)11(26)31-5-21-9(10(24)25)2-7(23(29)30)4-20-13(17)18/h6-9,21H,1-5,14H2,(H,24,25)(H4,15,16,19)(H4,17,18,20)/t6?,7?,8-,9-/m0/s1. The maximum atomic E-state index is 11.9. The molecule has 31 heavy (non-hydrogen) atoms. The first kappa shape index (κ1) is 27.2. The summed E-state index contributed by atoms with van der Waals surface area (Å²) in [7, 11) is 0. The van der Waals surface area contributed by atoms with Crippen LogP contribution in [0.25, 0.3) is 0 Å². The van der Waals surface area contributed by atoms with Gasteiger partial charge in [-0.15, -0.1) is 0 Å². The number of carbonyl (C=O) groups is 2. The minimum atomic E-state index is -1.48. The van der Waals surface area contributed by atoms with Gasteiger partial charge in [-0.25, -0.2) is 9.98 Å². The Morgan fingerprint density at radius 3 is 1.81 bits per heavy atom. The molecule has 176 valence electrons. The highest BCUT2D eigenvalue weighted by Gasteiger charge is 2.31. The fourth-order valence-corrected chi connectivity index (χ4v) is 2.13. The summed E-state index contributed by atoms with van der Waals surface area (Å²) in [5, 5.41) is 33.5. The summed E-state index contributed by atoms with van der Waals surface area (Å²) in [4.78, 5) is 50.8. The molecule has 4 atom stereocenters. The molecule has 0 radical (unpaired) electrons. The van der Waals surface area contributed by atoms with Crippen molar-refractivity contribution in [2.45, 2.75) is 37.0 Å². The van der Waals surface area contributed by atoms with E-state index in [1.807, 2.05) is 0 Å². The Labute approximate surface area is 175 Å². The van der Waals surface area contributed by atoms with E-state index in [1.54, 1.807) is 0 Å². The maximum Gasteiger partial charge on any atom is 0.324 e. The Bertz CT molecular complexity index is 706. The van der Waals surface area contributed by atoms with Crippen molar-refractivity contribution in [2.24, 2.45) is 38.7 Å². The zero-order valence-electron chi connectivity index (χ0n) is 16.3. The lowest BCUT2D eigenvalue weighted by atomic mass is 10.1. The molecule has 0 aliphatic rings. The van der Waals surface area contributed by atoms with Crippen molar-refractivity contribution >= 4 is 23.9 Å². The molecule has 0 heterocycles. The smallest absolute Gasteiger partial charge is 0.324 e. The normalized spacial score (nSPS) is 14.4. The summed E-state index contributed by atoms with van der Waals surface area (Å²) in [6.07, 6.45) is -0.975. The quantitative estimate of drug-likeness (QED) is 0.0308. The van der Waals surface area contributed by atoms with Crippen molar-refractivity contribution in [1.82, 2.24) is 5.32 Å². The summed E-state index contributed by atoms with van der Waals surface area (Å²) in [5.74, 6) is -3.30. The number of guanidine groups is 2. The highest BCUT2D eigenvalue weighted by atomic mass is 16.6. The SMILES string of the molecule is NC(N)=NCC(C[C@H](NCOC(=O)[C@@H](N)CC(CN=C(N)N)[N+](=O)[O-])C(=O)O)[N+](=O)[O-]. The zero-order valence-corrected chi connectivity index (χ0v) is 16.3. The van der Waals surface area contributed by atoms with E-state index in [0.717, 1.165) is 0 Å². The second kappa shape index (κ2) is 13.4. The summed E-state index contributed by atoms with van der Waals surface area (Å²) in [6.45, 7) is -1.54. The molecule has 0 aliphatic heterocycles. The molecule has 0 aliphatic carbocycles. The van der Waals surface area contributed by atoms with Crippen molar-refractivity contribution < 1.29 is 29.3 Å². The average molecular weight is 450 g/mol. The third-order valence-corrected chi connectivity index (χ3v) is 3.74. The van der Waals surface area contributed by atoms with Gasteiger partial charge < -0.3 is 38.5 Å². The number of ether oxygens (including phenoxy) is 1. The number of carboxylic acids is 1. The fourth-order valence-electron chi connectivity index (χ4n) is 2.13. The van der Waals surface area contributed by atoms with Gasteiger partial charge in [0.05, 0.1) is 0 Å². The Kier molecular flexibility index (Phi) is 11.8. The van der Waals surface area contributed by atoms with Gasteiger partial charge in [-0.1, -0.05) is 0 Å². The van der Waals surface area contributed by atoms with Gasteiger partial charge in [-0.3, -0.25) is 35.1 Å². The van der Waals surface area contributed by atoms with Gasteiger partial charge in [-0.2, -0.15) is 0 Å². The van der Waals surface area contributed by atoms with Crippen molar-refractivity contribution in [3.05, 3.63) is 20.2 Å². The van der Waals surface area contributed by atoms with Gasteiger partial charge in [0.2, 0.25) is 12.1 Å². The molecule has 18 heteroatoms. The van der Waals surface area contributed by atoms with E-state index < -0.39 is 84.6 Å². The van der Waals surface area contributed by atoms with Gasteiger partial charge in [0.15, 0.2) is 11.9 Å². The minimum absolute atomic E-state index is 0.375. The van der Waals surface area contributed by atoms with E-state index in [2.05, 4.69) is 15.3 Å². The number of carboxylic acid groups (broad SMARTS) is 1. The monoisotopic (exact) mass is 450 g/mol. The Hall–Kier alpha value is -3.80. The van der Waals surface area contributed by atoms with Crippen LogP contribution in [0, 0.1) is 20.2 Å². The highest BCUT2D eigenvalue weighted by molar-refractivity contribution is 5.76. The average Bonchev–Trinajstić information content (AvgIpc) is 2.65. The number of hydrogen-bond donors (Lipinski definition) is 7. The van der Waals surface area contributed by atoms with E-state index in [0.29, 0.717) is 0 Å². The van der Waals surface area contributed by atoms with Crippen molar-refractivity contribution in [1.29, 1.82) is 0 Å². The van der Waals surface area contributed by atoms with Crippen LogP contribution >= 0.6 is 0 Å². The number of hydrogen-bond acceptors (Lipinski definition) is 11. The number of nitrogens with one attached hydrogen (secondary N) is 1. The number of carbonyl (C=O) groups excluding carboxylic acids is 1. The van der Waals surface area contributed by atoms with Crippen LogP contribution in [-0.4, -0.2) is 82.8 Å². The number of esters is 1. The van der Waals surface area contributed by atoms with Crippen LogP contribution in [0.1, 0.15) is 12.8 Å². The molecule has 2 unspecified atom stereocenters. The first-order chi connectivity index (χ1) is 14.3. The molecular formula is C13H26N10O8. The van der Waals surface area contributed by atoms with Crippen LogP contribution < -0.4 is 34.0 Å². The summed E-state index contributed by atoms with van der Waals surface area (Å²) in [6, 6.07) is -5.70. The molecule has 0 bridgehead atoms. The number of nitrogens with two attached hydrogens (primary N) is 5. The molecule has 0 aromatic carbocycles. The van der Waals surface area contributed by atoms with Crippen LogP contribution in [0.15, 0.2) is 9.98 Å². The molecule has 18 nitrogen and oxygen atoms in total. The minimum Gasteiger partial charge on any atom is -0.480 e. The molecular weight excluding hydrogens is 424 g/mol. The predicted molar refractivity (Wildman–Crippen MR) is 106 cm³/mol. The number of aliphatic imine (C=N–C) groups is 2. The van der Waals surface area contributed by atoms with Crippen LogP contribution in [0.4, 0.5) is 0 Å². The number of nitrogens with zero attached hydrogens (tertiary/aromatic N) is 4. The summed E-state index contributed by atoms with van der Waals surface area (Å²) in [5.41, 5.74) is 26.0. The van der Waals surface area contributed by atoms with Crippen LogP contribution in [0.3, 0.4) is 0 Å². The van der Waals surface area contributed by atoms with Gasteiger partial charge in [-0.05, 0) is 0 Å². The number of nitro groups is 2. The molecule has 12 N–H and O–H groups in total. The third-order valence-electron chi connectivity index (χ3n) is 3.74. The van der Waals surface area contributed by atoms with Crippen LogP contribution in [0.5, 0.6) is 0 Å². The van der Waals surface area contributed by atoms with Crippen molar-refractivity contribution in [2.75, 3.05) is 19.8 Å². The van der Waals surface area contributed by atoms with Gasteiger partial charge in [0.25, 0.3) is 0 Å². The van der Waals surface area contributed by atoms with E-state index >= 15 is 0 Å². The lowest BCUT2D eigenvalue weighted by Gasteiger charge is -2.18. The Balaban J connectivity index is 4.79. The van der Waals surface area contributed by atoms with Crippen molar-refractivity contribution in [3.8, 4) is 0 Å². The lowest BCUT2D eigenvalue weighted by Crippen LogP contribution is -2.45. The fraction of sp³-hybridized carbons (Fsp3) is 0.692. The molecule has 0 aromatic heterocycles. The lowest BCUT2D eigenvalue weighted by molar-refractivity contribution is -0.520. The Morgan fingerprint density at radius 2 is 1.42 bits per heavy atom. The molecule has 0 saturated heterocycles. The second-order valence-electron chi connectivity index (χ2n) is 6.19. The molecule has 0 saturated carbocycles. The highest BCUT2D eigenvalue weighted by Crippen LogP contribution is 2.06. The van der Waals surface area contributed by atoms with Gasteiger partial charge in [0, 0.05) is 22.7 Å². The first-order valence-electron chi connectivity index (χ1n) is 8.61. The number of rotatable bonds is 15. The maximum absolute atomic E-state index is 11.9. The van der Waals surface area contributed by atoms with Crippen molar-refractivity contribution in [3.63, 3.8) is 0 Å². The third kappa shape index (κ3) is 11.7. The van der Waals surface area contributed by atoms with E-state index in [1.165, 1.54) is 0 Å². The largest absolute Gasteiger partial charge is 0.480 e. The predicted octanol–water partition coefficient (Wildman–Crippen LogP) is -4.53. The van der Waals surface area contributed by atoms with Gasteiger partial charge >= 0.3 is 11.9 Å². The first-order valence-corrected chi connectivity index (χ1v) is 8.61. The molecule has 0 aromatic rings. The summed E-state index contributed by atoms with van der Waals surface area (Å²) < 4.78 is 4.75. The molecule has 0 fully saturated rings. The number of aliphatic carboxylic acids is 1. The summed E-state index contributed by atoms with van der Waals surface area (Å²) >= 11 is 0. The Morgan fingerprint density at radius 1 is 0.968 bits per heavy atom. The molecule has 0 spiro atoms. The zero-order chi connectivity index (χ0) is 24.1. The van der Waals surface area contributed by atoms with E-state index in [9.17, 15) is 34.9 Å². The molecule has 0 rings (SSSR count). The molecule has 0 amide bonds. The second-order valence-corrected chi connectivity index (χ2v) is 6.19. The van der Waals surface area contributed by atoms with E-state index in [-0.39, 0.29) is 5.96 Å². The van der Waals surface area contributed by atoms with Crippen LogP contribution in [0.2, 0.25) is 0 Å². The topological polar surface area (TPSA) is 317 Å².